The molecule has 4 heteroatoms. The molecule has 1 aliphatic carbocycles. The average molecular weight is 851 g/mol. The summed E-state index contributed by atoms with van der Waals surface area (Å²) < 4.78 is 13.5. The maximum absolute atomic E-state index is 6.74. The van der Waals surface area contributed by atoms with E-state index in [4.69, 9.17) is 8.83 Å². The van der Waals surface area contributed by atoms with Crippen molar-refractivity contribution in [3.05, 3.63) is 203 Å². The maximum atomic E-state index is 6.74. The molecule has 2 aromatic heterocycles. The zero-order valence-corrected chi connectivity index (χ0v) is 37.9. The lowest BCUT2D eigenvalue weighted by atomic mass is 9.78. The second kappa shape index (κ2) is 14.2. The van der Waals surface area contributed by atoms with Gasteiger partial charge in [0.1, 0.15) is 11.2 Å². The molecule has 316 valence electrons. The molecule has 0 bridgehead atoms. The maximum Gasteiger partial charge on any atom is 0.159 e. The van der Waals surface area contributed by atoms with Crippen LogP contribution in [-0.4, -0.2) is 0 Å². The molecule has 10 aromatic carbocycles. The van der Waals surface area contributed by atoms with E-state index in [0.717, 1.165) is 89.1 Å². The highest BCUT2D eigenvalue weighted by Gasteiger charge is 2.28. The summed E-state index contributed by atoms with van der Waals surface area (Å²) in [4.78, 5) is 4.83. The zero-order chi connectivity index (χ0) is 44.5. The summed E-state index contributed by atoms with van der Waals surface area (Å²) in [7, 11) is 0. The van der Waals surface area contributed by atoms with Crippen molar-refractivity contribution in [3.8, 4) is 22.3 Å². The van der Waals surface area contributed by atoms with E-state index in [9.17, 15) is 0 Å². The Morgan fingerprint density at radius 3 is 1.15 bits per heavy atom. The van der Waals surface area contributed by atoms with Crippen LogP contribution in [0, 0.1) is 41.5 Å². The minimum Gasteiger partial charge on any atom is -0.454 e. The van der Waals surface area contributed by atoms with Crippen LogP contribution in [0.1, 0.15) is 33.4 Å². The lowest BCUT2D eigenvalue weighted by molar-refractivity contribution is 0.668. The summed E-state index contributed by atoms with van der Waals surface area (Å²) in [5, 5.41) is 9.33. The van der Waals surface area contributed by atoms with Crippen LogP contribution >= 0.6 is 0 Å². The van der Waals surface area contributed by atoms with Crippen molar-refractivity contribution in [2.24, 2.45) is 0 Å². The van der Waals surface area contributed by atoms with Crippen molar-refractivity contribution < 1.29 is 8.83 Å². The normalized spacial score (nSPS) is 12.1. The van der Waals surface area contributed by atoms with Crippen LogP contribution in [0.5, 0.6) is 0 Å². The fourth-order valence-electron chi connectivity index (χ4n) is 10.7. The van der Waals surface area contributed by atoms with E-state index in [1.807, 2.05) is 12.1 Å². The van der Waals surface area contributed by atoms with Gasteiger partial charge in [-0.15, -0.1) is 0 Å². The predicted molar refractivity (Wildman–Crippen MR) is 278 cm³/mol. The molecule has 0 radical (unpaired) electrons. The number of hydrogen-bond donors (Lipinski definition) is 0. The van der Waals surface area contributed by atoms with Crippen molar-refractivity contribution in [1.29, 1.82) is 0 Å². The van der Waals surface area contributed by atoms with Gasteiger partial charge in [0.15, 0.2) is 11.2 Å². The molecule has 66 heavy (non-hydrogen) atoms. The molecule has 4 nitrogen and oxygen atoms in total. The third kappa shape index (κ3) is 5.71. The van der Waals surface area contributed by atoms with Gasteiger partial charge in [0.25, 0.3) is 0 Å². The number of furan rings is 2. The van der Waals surface area contributed by atoms with E-state index in [-0.39, 0.29) is 0 Å². The molecular weight excluding hydrogens is 805 g/mol. The van der Waals surface area contributed by atoms with Crippen LogP contribution in [0.2, 0.25) is 0 Å². The van der Waals surface area contributed by atoms with E-state index in [1.54, 1.807) is 0 Å². The number of para-hydroxylation sites is 2. The van der Waals surface area contributed by atoms with E-state index in [0.29, 0.717) is 0 Å². The fraction of sp³-hybridized carbons (Fsp3) is 0.0968. The summed E-state index contributed by atoms with van der Waals surface area (Å²) in [5.41, 5.74) is 22.5. The van der Waals surface area contributed by atoms with Gasteiger partial charge >= 0.3 is 0 Å². The third-order valence-corrected chi connectivity index (χ3v) is 14.1. The summed E-state index contributed by atoms with van der Waals surface area (Å²) in [5.74, 6) is 0. The van der Waals surface area contributed by atoms with E-state index >= 15 is 0 Å². The molecule has 13 rings (SSSR count). The lowest BCUT2D eigenvalue weighted by Crippen LogP contribution is -2.13. The quantitative estimate of drug-likeness (QED) is 0.167. The van der Waals surface area contributed by atoms with Gasteiger partial charge in [-0.1, -0.05) is 97.1 Å². The van der Waals surface area contributed by atoms with Gasteiger partial charge in [-0.05, 0) is 192 Å². The summed E-state index contributed by atoms with van der Waals surface area (Å²) in [6.07, 6.45) is 0. The Labute approximate surface area is 383 Å². The Kier molecular flexibility index (Phi) is 8.26. The lowest BCUT2D eigenvalue weighted by Gasteiger charge is -2.30. The standard InChI is InChI=1S/C62H46N2O2/c1-35-15-17-37(3)55(27-35)63(59-39(5)19-25-49-47-11-7-9-13-57(47)65-61(49)59)45-23-21-41-31-51-52-32-42-22-24-46(30-44(42)34-54(52)53(51)33-43(41)29-45)64(56-28-36(2)16-18-38(56)4)60-40(6)20-26-50-48-12-8-10-14-58(48)66-62(50)60/h7-34H,1-6H3. The Hall–Kier alpha value is -8.08. The first-order valence-electron chi connectivity index (χ1n) is 22.9. The minimum atomic E-state index is 0.896. The number of rotatable bonds is 6. The summed E-state index contributed by atoms with van der Waals surface area (Å²) in [6, 6.07) is 62.4. The highest BCUT2D eigenvalue weighted by molar-refractivity contribution is 6.15. The van der Waals surface area contributed by atoms with E-state index < -0.39 is 0 Å². The number of aryl methyl sites for hydroxylation is 6. The number of hydrogen-bond acceptors (Lipinski definition) is 4. The molecule has 0 N–H and O–H groups in total. The molecule has 0 aliphatic heterocycles. The molecule has 0 unspecified atom stereocenters. The van der Waals surface area contributed by atoms with Gasteiger partial charge in [-0.25, -0.2) is 0 Å². The van der Waals surface area contributed by atoms with Gasteiger partial charge < -0.3 is 18.6 Å². The fourth-order valence-corrected chi connectivity index (χ4v) is 10.7. The van der Waals surface area contributed by atoms with Crippen LogP contribution in [-0.2, 0) is 0 Å². The molecule has 0 atom stereocenters. The van der Waals surface area contributed by atoms with Gasteiger partial charge in [0, 0.05) is 44.3 Å². The van der Waals surface area contributed by atoms with Crippen molar-refractivity contribution >= 4 is 99.5 Å². The van der Waals surface area contributed by atoms with Crippen LogP contribution in [0.4, 0.5) is 34.1 Å². The SMILES string of the molecule is Cc1ccc(C)c(N(c2ccc3cc4c(cc3c2)-c2cc3cc(N(c5cc(C)ccc5C)c5c(C)ccc6c5oc5ccccc56)ccc3cc2-4)c2c(C)ccc3c2oc2ccccc23)c1. The number of anilines is 6. The van der Waals surface area contributed by atoms with Gasteiger partial charge in [-0.3, -0.25) is 0 Å². The molecule has 0 spiro atoms. The van der Waals surface area contributed by atoms with Gasteiger partial charge in [0.2, 0.25) is 0 Å². The Morgan fingerprint density at radius 2 is 0.712 bits per heavy atom. The summed E-state index contributed by atoms with van der Waals surface area (Å²) >= 11 is 0. The minimum absolute atomic E-state index is 0.896. The Morgan fingerprint density at radius 1 is 0.318 bits per heavy atom. The van der Waals surface area contributed by atoms with E-state index in [2.05, 4.69) is 209 Å². The average Bonchev–Trinajstić information content (AvgIpc) is 3.90. The first kappa shape index (κ1) is 38.4. The third-order valence-electron chi connectivity index (χ3n) is 14.1. The molecule has 1 aliphatic rings. The van der Waals surface area contributed by atoms with Crippen molar-refractivity contribution in [1.82, 2.24) is 0 Å². The molecule has 0 saturated heterocycles. The number of fused-ring (bicyclic) bond motifs is 12. The highest BCUT2D eigenvalue weighted by atomic mass is 16.3. The molecular formula is C62H46N2O2. The highest BCUT2D eigenvalue weighted by Crippen LogP contribution is 2.53. The van der Waals surface area contributed by atoms with Crippen molar-refractivity contribution in [2.45, 2.75) is 41.5 Å². The smallest absolute Gasteiger partial charge is 0.159 e. The molecule has 12 aromatic rings. The first-order valence-corrected chi connectivity index (χ1v) is 22.9. The Bertz CT molecular complexity index is 3770. The molecule has 2 heterocycles. The molecule has 0 saturated carbocycles. The molecule has 0 fully saturated rings. The zero-order valence-electron chi connectivity index (χ0n) is 37.9. The second-order valence-corrected chi connectivity index (χ2v) is 18.5. The second-order valence-electron chi connectivity index (χ2n) is 18.5. The Balaban J connectivity index is 0.959. The summed E-state index contributed by atoms with van der Waals surface area (Å²) in [6.45, 7) is 13.1. The predicted octanol–water partition coefficient (Wildman–Crippen LogP) is 18.2. The molecule has 0 amide bonds. The van der Waals surface area contributed by atoms with Gasteiger partial charge in [-0.2, -0.15) is 0 Å². The van der Waals surface area contributed by atoms with Crippen LogP contribution in [0.15, 0.2) is 179 Å². The van der Waals surface area contributed by atoms with Crippen molar-refractivity contribution in [3.63, 3.8) is 0 Å². The largest absolute Gasteiger partial charge is 0.454 e. The van der Waals surface area contributed by atoms with Crippen LogP contribution < -0.4 is 9.80 Å². The van der Waals surface area contributed by atoms with Crippen LogP contribution in [0.3, 0.4) is 0 Å². The van der Waals surface area contributed by atoms with Crippen LogP contribution in [0.25, 0.3) is 87.7 Å². The monoisotopic (exact) mass is 850 g/mol. The van der Waals surface area contributed by atoms with Gasteiger partial charge in [0.05, 0.1) is 11.4 Å². The van der Waals surface area contributed by atoms with E-state index in [1.165, 1.54) is 66.1 Å². The topological polar surface area (TPSA) is 32.8 Å². The number of nitrogens with zero attached hydrogens (tertiary/aromatic N) is 2. The number of benzene rings is 10. The first-order chi connectivity index (χ1) is 32.2. The van der Waals surface area contributed by atoms with Crippen molar-refractivity contribution in [2.75, 3.05) is 9.80 Å².